The van der Waals surface area contributed by atoms with Gasteiger partial charge in [-0.15, -0.1) is 0 Å². The molecule has 2 heterocycles. The van der Waals surface area contributed by atoms with Crippen LogP contribution >= 0.6 is 0 Å². The van der Waals surface area contributed by atoms with Crippen molar-refractivity contribution >= 4 is 50.4 Å². The predicted octanol–water partition coefficient (Wildman–Crippen LogP) is 17.9. The third-order valence-electron chi connectivity index (χ3n) is 13.9. The Balaban J connectivity index is 0.987. The van der Waals surface area contributed by atoms with Crippen LogP contribution in [-0.4, -0.2) is 7.05 Å². The molecule has 0 atom stereocenters. The predicted molar refractivity (Wildman–Crippen MR) is 279 cm³/mol. The number of nitrogens with one attached hydrogen (secondary N) is 1. The average molecular weight is 848 g/mol. The summed E-state index contributed by atoms with van der Waals surface area (Å²) in [5.74, 6) is 0. The van der Waals surface area contributed by atoms with E-state index in [9.17, 15) is 0 Å². The lowest BCUT2D eigenvalue weighted by Crippen LogP contribution is -2.31. The van der Waals surface area contributed by atoms with Gasteiger partial charge in [-0.3, -0.25) is 0 Å². The van der Waals surface area contributed by atoms with Crippen molar-refractivity contribution in [2.24, 2.45) is 0 Å². The van der Waals surface area contributed by atoms with E-state index in [2.05, 4.69) is 251 Å². The van der Waals surface area contributed by atoms with Crippen LogP contribution in [0.4, 0.5) is 28.4 Å². The molecule has 0 unspecified atom stereocenters. The zero-order chi connectivity index (χ0) is 44.4. The molecule has 0 bridgehead atoms. The molecular formula is C63H47N2O+. The number of aryl methyl sites for hydroxylation is 2. The lowest BCUT2D eigenvalue weighted by atomic mass is 9.90. The van der Waals surface area contributed by atoms with E-state index in [1.165, 1.54) is 78.3 Å². The molecule has 1 aromatic heterocycles. The van der Waals surface area contributed by atoms with Crippen LogP contribution in [0.25, 0.3) is 88.7 Å². The number of para-hydroxylation sites is 2. The molecule has 3 nitrogen and oxygen atoms in total. The van der Waals surface area contributed by atoms with Gasteiger partial charge < -0.3 is 9.73 Å². The SMILES string of the molecule is Cc1ccc(-c2cccc(-c3ccccc3)c2)cc1-c1cc(-c2cccc(-c3ccccc3)c2)ccc1Nc1ccc2oc3ccc([N+]4(C)c5ccccc5-c5ccccc54)cc3c2c1C. The smallest absolute Gasteiger partial charge is 0.150 e. The Labute approximate surface area is 386 Å². The van der Waals surface area contributed by atoms with Crippen molar-refractivity contribution in [2.45, 2.75) is 13.8 Å². The van der Waals surface area contributed by atoms with Crippen molar-refractivity contribution in [3.63, 3.8) is 0 Å². The number of rotatable bonds is 8. The van der Waals surface area contributed by atoms with Gasteiger partial charge in [0, 0.05) is 63.1 Å². The highest BCUT2D eigenvalue weighted by atomic mass is 16.3. The molecule has 0 amide bonds. The fourth-order valence-electron chi connectivity index (χ4n) is 10.3. The normalized spacial score (nSPS) is 12.6. The molecule has 0 saturated heterocycles. The molecule has 314 valence electrons. The summed E-state index contributed by atoms with van der Waals surface area (Å²) in [6.45, 7) is 4.44. The van der Waals surface area contributed by atoms with Crippen molar-refractivity contribution < 1.29 is 4.42 Å². The fraction of sp³-hybridized carbons (Fsp3) is 0.0476. The number of furan rings is 1. The Kier molecular flexibility index (Phi) is 9.41. The molecule has 1 N–H and O–H groups in total. The quantitative estimate of drug-likeness (QED) is 0.154. The average Bonchev–Trinajstić information content (AvgIpc) is 3.89. The van der Waals surface area contributed by atoms with Gasteiger partial charge in [0.05, 0.1) is 7.05 Å². The van der Waals surface area contributed by atoms with Crippen LogP contribution in [-0.2, 0) is 0 Å². The van der Waals surface area contributed by atoms with E-state index >= 15 is 0 Å². The lowest BCUT2D eigenvalue weighted by Gasteiger charge is -2.30. The van der Waals surface area contributed by atoms with E-state index in [1.807, 2.05) is 0 Å². The molecule has 1 aliphatic heterocycles. The number of anilines is 2. The van der Waals surface area contributed by atoms with Crippen molar-refractivity contribution in [2.75, 3.05) is 12.4 Å². The summed E-state index contributed by atoms with van der Waals surface area (Å²) in [6.07, 6.45) is 0. The minimum Gasteiger partial charge on any atom is -0.456 e. The number of fused-ring (bicyclic) bond motifs is 6. The minimum absolute atomic E-state index is 0.588. The summed E-state index contributed by atoms with van der Waals surface area (Å²) in [6, 6.07) is 81.4. The zero-order valence-electron chi connectivity index (χ0n) is 37.2. The molecule has 0 saturated carbocycles. The first-order valence-electron chi connectivity index (χ1n) is 22.8. The van der Waals surface area contributed by atoms with Crippen LogP contribution < -0.4 is 9.80 Å². The first kappa shape index (κ1) is 39.4. The summed E-state index contributed by atoms with van der Waals surface area (Å²) >= 11 is 0. The Hall–Kier alpha value is -8.24. The summed E-state index contributed by atoms with van der Waals surface area (Å²) in [5.41, 5.74) is 24.3. The molecule has 12 rings (SSSR count). The zero-order valence-corrected chi connectivity index (χ0v) is 37.2. The minimum atomic E-state index is 0.588. The maximum Gasteiger partial charge on any atom is 0.150 e. The molecule has 0 radical (unpaired) electrons. The third kappa shape index (κ3) is 6.55. The maximum atomic E-state index is 6.60. The van der Waals surface area contributed by atoms with E-state index in [0.717, 1.165) is 50.0 Å². The summed E-state index contributed by atoms with van der Waals surface area (Å²) < 4.78 is 7.19. The highest BCUT2D eigenvalue weighted by molar-refractivity contribution is 6.10. The van der Waals surface area contributed by atoms with Gasteiger partial charge in [0.25, 0.3) is 0 Å². The molecule has 66 heavy (non-hydrogen) atoms. The van der Waals surface area contributed by atoms with Crippen LogP contribution in [0.3, 0.4) is 0 Å². The number of hydrogen-bond donors (Lipinski definition) is 1. The topological polar surface area (TPSA) is 25.2 Å². The first-order valence-corrected chi connectivity index (χ1v) is 22.8. The maximum absolute atomic E-state index is 6.60. The Bertz CT molecular complexity index is 3610. The number of benzene rings is 10. The third-order valence-corrected chi connectivity index (χ3v) is 13.9. The van der Waals surface area contributed by atoms with Crippen LogP contribution in [0, 0.1) is 13.8 Å². The second-order valence-electron chi connectivity index (χ2n) is 17.7. The monoisotopic (exact) mass is 847 g/mol. The van der Waals surface area contributed by atoms with Gasteiger partial charge in [-0.25, -0.2) is 4.48 Å². The van der Waals surface area contributed by atoms with Crippen molar-refractivity contribution in [1.29, 1.82) is 0 Å². The lowest BCUT2D eigenvalue weighted by molar-refractivity contribution is 0.641. The molecule has 0 spiro atoms. The summed E-state index contributed by atoms with van der Waals surface area (Å²) in [5, 5.41) is 6.21. The van der Waals surface area contributed by atoms with Crippen LogP contribution in [0.5, 0.6) is 0 Å². The Morgan fingerprint density at radius 1 is 0.364 bits per heavy atom. The van der Waals surface area contributed by atoms with Gasteiger partial charge >= 0.3 is 0 Å². The Morgan fingerprint density at radius 3 is 1.47 bits per heavy atom. The second-order valence-corrected chi connectivity index (χ2v) is 17.7. The van der Waals surface area contributed by atoms with Crippen LogP contribution in [0.15, 0.2) is 229 Å². The van der Waals surface area contributed by atoms with Crippen molar-refractivity contribution in [1.82, 2.24) is 4.48 Å². The number of nitrogens with zero attached hydrogens (tertiary/aromatic N) is 1. The molecule has 1 aliphatic rings. The van der Waals surface area contributed by atoms with Gasteiger partial charge in [-0.05, 0) is 136 Å². The number of hydrogen-bond acceptors (Lipinski definition) is 2. The van der Waals surface area contributed by atoms with Gasteiger partial charge in [0.15, 0.2) is 11.4 Å². The number of quaternary nitrogens is 1. The molecule has 10 aromatic carbocycles. The molecule has 0 aliphatic carbocycles. The molecular weight excluding hydrogens is 801 g/mol. The largest absolute Gasteiger partial charge is 0.456 e. The van der Waals surface area contributed by atoms with Gasteiger partial charge in [-0.1, -0.05) is 140 Å². The van der Waals surface area contributed by atoms with E-state index < -0.39 is 0 Å². The highest BCUT2D eigenvalue weighted by Crippen LogP contribution is 2.56. The van der Waals surface area contributed by atoms with Gasteiger partial charge in [0.1, 0.15) is 16.9 Å². The van der Waals surface area contributed by atoms with Gasteiger partial charge in [-0.2, -0.15) is 0 Å². The first-order chi connectivity index (χ1) is 32.4. The second kappa shape index (κ2) is 15.8. The molecule has 11 aromatic rings. The van der Waals surface area contributed by atoms with E-state index in [1.54, 1.807) is 0 Å². The van der Waals surface area contributed by atoms with E-state index in [4.69, 9.17) is 4.42 Å². The Morgan fingerprint density at radius 2 is 0.848 bits per heavy atom. The molecule has 0 fully saturated rings. The fourth-order valence-corrected chi connectivity index (χ4v) is 10.3. The summed E-state index contributed by atoms with van der Waals surface area (Å²) in [4.78, 5) is 0. The van der Waals surface area contributed by atoms with Crippen molar-refractivity contribution in [3.05, 3.63) is 236 Å². The van der Waals surface area contributed by atoms with Crippen molar-refractivity contribution in [3.8, 4) is 66.8 Å². The van der Waals surface area contributed by atoms with Crippen LogP contribution in [0.1, 0.15) is 11.1 Å². The van der Waals surface area contributed by atoms with Gasteiger partial charge in [0.2, 0.25) is 0 Å². The van der Waals surface area contributed by atoms with E-state index in [-0.39, 0.29) is 0 Å². The molecule has 3 heteroatoms. The van der Waals surface area contributed by atoms with Crippen LogP contribution in [0.2, 0.25) is 0 Å². The summed E-state index contributed by atoms with van der Waals surface area (Å²) in [7, 11) is 2.31. The standard InChI is InChI=1S/C63H47N2O/c1-41-28-29-49(47-22-14-20-45(36-47)43-16-6-4-7-17-43)38-54(41)55-39-50(48-23-15-21-46(37-48)44-18-8-5-9-19-44)30-32-58(55)64-57-33-35-62-63(42(57)2)56-40-51(31-34-61(56)66-62)65(3)59-26-12-10-24-52(59)53-25-11-13-27-60(53)65/h4-40,64H,1-3H3/q+1. The van der Waals surface area contributed by atoms with E-state index in [0.29, 0.717) is 4.48 Å². The highest BCUT2D eigenvalue weighted by Gasteiger charge is 2.42.